The van der Waals surface area contributed by atoms with Gasteiger partial charge in [-0.05, 0) is 48.8 Å². The topological polar surface area (TPSA) is 41.5 Å². The van der Waals surface area contributed by atoms with Gasteiger partial charge in [0.05, 0.1) is 6.61 Å². The van der Waals surface area contributed by atoms with Gasteiger partial charge in [-0.1, -0.05) is 19.1 Å². The van der Waals surface area contributed by atoms with Crippen LogP contribution in [-0.2, 0) is 6.54 Å². The number of rotatable bonds is 9. The molecule has 0 aliphatic heterocycles. The molecule has 0 bridgehead atoms. The van der Waals surface area contributed by atoms with Gasteiger partial charge in [0.25, 0.3) is 0 Å². The van der Waals surface area contributed by atoms with Crippen LogP contribution in [0.15, 0.2) is 24.3 Å². The molecule has 1 aliphatic carbocycles. The summed E-state index contributed by atoms with van der Waals surface area (Å²) in [6.45, 7) is 5.10. The van der Waals surface area contributed by atoms with E-state index in [1.54, 1.807) is 0 Å². The second kappa shape index (κ2) is 6.92. The first kappa shape index (κ1) is 14.4. The van der Waals surface area contributed by atoms with Gasteiger partial charge in [-0.2, -0.15) is 0 Å². The fourth-order valence-corrected chi connectivity index (χ4v) is 2.32. The molecule has 1 fully saturated rings. The number of hydrogen-bond acceptors (Lipinski definition) is 3. The predicted octanol–water partition coefficient (Wildman–Crippen LogP) is 2.73. The Labute approximate surface area is 116 Å². The van der Waals surface area contributed by atoms with Crippen molar-refractivity contribution in [3.8, 4) is 5.75 Å². The van der Waals surface area contributed by atoms with E-state index in [1.807, 2.05) is 12.1 Å². The van der Waals surface area contributed by atoms with E-state index in [0.29, 0.717) is 12.0 Å². The lowest BCUT2D eigenvalue weighted by Gasteiger charge is -2.14. The van der Waals surface area contributed by atoms with Crippen molar-refractivity contribution < 1.29 is 9.84 Å². The molecule has 0 unspecified atom stereocenters. The molecule has 19 heavy (non-hydrogen) atoms. The predicted molar refractivity (Wildman–Crippen MR) is 77.3 cm³/mol. The van der Waals surface area contributed by atoms with E-state index in [0.717, 1.165) is 38.3 Å². The summed E-state index contributed by atoms with van der Waals surface area (Å²) in [6.07, 6.45) is 4.48. The highest BCUT2D eigenvalue weighted by Crippen LogP contribution is 2.47. The zero-order valence-corrected chi connectivity index (χ0v) is 11.8. The molecule has 3 nitrogen and oxygen atoms in total. The molecule has 1 aromatic carbocycles. The molecule has 2 rings (SSSR count). The van der Waals surface area contributed by atoms with Crippen LogP contribution >= 0.6 is 0 Å². The molecular formula is C16H25NO2. The van der Waals surface area contributed by atoms with Gasteiger partial charge in [0.15, 0.2) is 0 Å². The Morgan fingerprint density at radius 3 is 2.58 bits per heavy atom. The van der Waals surface area contributed by atoms with Crippen LogP contribution in [0.1, 0.15) is 38.2 Å². The summed E-state index contributed by atoms with van der Waals surface area (Å²) >= 11 is 0. The summed E-state index contributed by atoms with van der Waals surface area (Å²) < 4.78 is 5.56. The molecule has 0 aromatic heterocycles. The quantitative estimate of drug-likeness (QED) is 0.720. The largest absolute Gasteiger partial charge is 0.494 e. The van der Waals surface area contributed by atoms with E-state index >= 15 is 0 Å². The van der Waals surface area contributed by atoms with E-state index in [1.165, 1.54) is 18.4 Å². The molecule has 0 heterocycles. The normalized spacial score (nSPS) is 16.3. The zero-order chi connectivity index (χ0) is 13.6. The van der Waals surface area contributed by atoms with E-state index in [-0.39, 0.29) is 0 Å². The maximum Gasteiger partial charge on any atom is 0.119 e. The molecule has 0 saturated heterocycles. The Morgan fingerprint density at radius 1 is 1.26 bits per heavy atom. The van der Waals surface area contributed by atoms with Gasteiger partial charge in [-0.25, -0.2) is 0 Å². The monoisotopic (exact) mass is 263 g/mol. The number of hydrogen-bond donors (Lipinski definition) is 2. The van der Waals surface area contributed by atoms with Crippen LogP contribution in [-0.4, -0.2) is 24.9 Å². The van der Waals surface area contributed by atoms with E-state index in [2.05, 4.69) is 24.4 Å². The minimum absolute atomic E-state index is 0.311. The molecule has 0 spiro atoms. The van der Waals surface area contributed by atoms with Crippen molar-refractivity contribution in [3.05, 3.63) is 29.8 Å². The van der Waals surface area contributed by atoms with Crippen molar-refractivity contribution in [1.82, 2.24) is 5.32 Å². The lowest BCUT2D eigenvalue weighted by atomic mass is 10.0. The average Bonchev–Trinajstić information content (AvgIpc) is 3.18. The highest BCUT2D eigenvalue weighted by molar-refractivity contribution is 5.27. The van der Waals surface area contributed by atoms with Gasteiger partial charge in [-0.15, -0.1) is 0 Å². The van der Waals surface area contributed by atoms with Gasteiger partial charge in [0.2, 0.25) is 0 Å². The number of aliphatic hydroxyl groups is 1. The highest BCUT2D eigenvalue weighted by Gasteiger charge is 2.41. The Bertz CT molecular complexity index is 371. The summed E-state index contributed by atoms with van der Waals surface area (Å²) in [5.41, 5.74) is 1.67. The average molecular weight is 263 g/mol. The molecule has 3 heteroatoms. The summed E-state index contributed by atoms with van der Waals surface area (Å²) in [5, 5.41) is 12.5. The zero-order valence-electron chi connectivity index (χ0n) is 11.8. The number of aliphatic hydroxyl groups excluding tert-OH is 1. The third kappa shape index (κ3) is 4.51. The van der Waals surface area contributed by atoms with Crippen LogP contribution in [0.5, 0.6) is 5.75 Å². The van der Waals surface area contributed by atoms with Crippen molar-refractivity contribution in [2.24, 2.45) is 5.41 Å². The summed E-state index contributed by atoms with van der Waals surface area (Å²) in [6, 6.07) is 8.30. The fraction of sp³-hybridized carbons (Fsp3) is 0.625. The van der Waals surface area contributed by atoms with Crippen molar-refractivity contribution in [2.45, 2.75) is 39.2 Å². The van der Waals surface area contributed by atoms with Crippen molar-refractivity contribution in [2.75, 3.05) is 19.8 Å². The molecule has 0 amide bonds. The Kier molecular flexibility index (Phi) is 5.23. The van der Waals surface area contributed by atoms with Gasteiger partial charge in [-0.3, -0.25) is 0 Å². The standard InChI is InChI=1S/C16H25NO2/c1-2-11-19-15-5-3-14(4-6-15)12-17-13-16(7-8-16)9-10-18/h3-6,17-18H,2,7-13H2,1H3. The molecule has 0 radical (unpaired) electrons. The van der Waals surface area contributed by atoms with Crippen LogP contribution in [0.3, 0.4) is 0 Å². The van der Waals surface area contributed by atoms with Crippen LogP contribution in [0.4, 0.5) is 0 Å². The van der Waals surface area contributed by atoms with E-state index in [9.17, 15) is 0 Å². The molecule has 1 aromatic rings. The second-order valence-electron chi connectivity index (χ2n) is 5.57. The minimum Gasteiger partial charge on any atom is -0.494 e. The summed E-state index contributed by atoms with van der Waals surface area (Å²) in [4.78, 5) is 0. The van der Waals surface area contributed by atoms with Gasteiger partial charge in [0.1, 0.15) is 5.75 Å². The minimum atomic E-state index is 0.311. The third-order valence-electron chi connectivity index (χ3n) is 3.82. The summed E-state index contributed by atoms with van der Waals surface area (Å²) in [7, 11) is 0. The lowest BCUT2D eigenvalue weighted by molar-refractivity contribution is 0.245. The Morgan fingerprint density at radius 2 is 2.00 bits per heavy atom. The fourth-order valence-electron chi connectivity index (χ4n) is 2.32. The smallest absolute Gasteiger partial charge is 0.119 e. The number of ether oxygens (including phenoxy) is 1. The molecule has 0 atom stereocenters. The highest BCUT2D eigenvalue weighted by atomic mass is 16.5. The molecule has 1 aliphatic rings. The third-order valence-corrected chi connectivity index (χ3v) is 3.82. The van der Waals surface area contributed by atoms with Crippen molar-refractivity contribution in [3.63, 3.8) is 0 Å². The SMILES string of the molecule is CCCOc1ccc(CNCC2(CCO)CC2)cc1. The van der Waals surface area contributed by atoms with Gasteiger partial charge >= 0.3 is 0 Å². The first-order chi connectivity index (χ1) is 9.28. The van der Waals surface area contributed by atoms with Crippen LogP contribution in [0.2, 0.25) is 0 Å². The van der Waals surface area contributed by atoms with Crippen LogP contribution in [0.25, 0.3) is 0 Å². The van der Waals surface area contributed by atoms with E-state index < -0.39 is 0 Å². The van der Waals surface area contributed by atoms with Crippen molar-refractivity contribution >= 4 is 0 Å². The van der Waals surface area contributed by atoms with Crippen LogP contribution in [0, 0.1) is 5.41 Å². The number of nitrogens with one attached hydrogen (secondary N) is 1. The first-order valence-corrected chi connectivity index (χ1v) is 7.31. The summed E-state index contributed by atoms with van der Waals surface area (Å²) in [5.74, 6) is 0.949. The first-order valence-electron chi connectivity index (χ1n) is 7.31. The molecule has 106 valence electrons. The van der Waals surface area contributed by atoms with Crippen LogP contribution < -0.4 is 10.1 Å². The van der Waals surface area contributed by atoms with E-state index in [4.69, 9.17) is 9.84 Å². The molecular weight excluding hydrogens is 238 g/mol. The molecule has 1 saturated carbocycles. The Hall–Kier alpha value is -1.06. The van der Waals surface area contributed by atoms with Gasteiger partial charge in [0, 0.05) is 19.7 Å². The lowest BCUT2D eigenvalue weighted by Crippen LogP contribution is -2.24. The maximum absolute atomic E-state index is 9.02. The second-order valence-corrected chi connectivity index (χ2v) is 5.57. The number of benzene rings is 1. The Balaban J connectivity index is 1.71. The molecule has 2 N–H and O–H groups in total. The van der Waals surface area contributed by atoms with Gasteiger partial charge < -0.3 is 15.2 Å². The van der Waals surface area contributed by atoms with Crippen molar-refractivity contribution in [1.29, 1.82) is 0 Å². The maximum atomic E-state index is 9.02.